The van der Waals surface area contributed by atoms with E-state index in [1.165, 1.54) is 0 Å². The molecule has 1 rings (SSSR count). The van der Waals surface area contributed by atoms with Crippen molar-refractivity contribution in [2.45, 2.75) is 39.2 Å². The molecule has 0 radical (unpaired) electrons. The first-order valence-electron chi connectivity index (χ1n) is 7.02. The summed E-state index contributed by atoms with van der Waals surface area (Å²) in [4.78, 5) is 23.2. The van der Waals surface area contributed by atoms with Gasteiger partial charge in [-0.25, -0.2) is 0 Å². The number of carbonyl (C=O) groups is 2. The molecule has 21 heavy (non-hydrogen) atoms. The second-order valence-corrected chi connectivity index (χ2v) is 6.28. The number of nitrogens with one attached hydrogen (secondary N) is 1. The molecule has 0 heterocycles. The average molecular weight is 292 g/mol. The Labute approximate surface area is 125 Å². The molecule has 1 amide bonds. The zero-order valence-electron chi connectivity index (χ0n) is 12.8. The zero-order chi connectivity index (χ0) is 16.0. The molecule has 1 aromatic rings. The first-order valence-corrected chi connectivity index (χ1v) is 7.02. The lowest BCUT2D eigenvalue weighted by molar-refractivity contribution is -0.138. The van der Waals surface area contributed by atoms with Crippen molar-refractivity contribution in [2.24, 2.45) is 11.1 Å². The third kappa shape index (κ3) is 5.55. The first kappa shape index (κ1) is 17.2. The van der Waals surface area contributed by atoms with Crippen LogP contribution in [0.3, 0.4) is 0 Å². The molecule has 0 fully saturated rings. The minimum atomic E-state index is -0.957. The summed E-state index contributed by atoms with van der Waals surface area (Å²) in [5.74, 6) is -1.93. The average Bonchev–Trinajstić information content (AvgIpc) is 2.38. The highest BCUT2D eigenvalue weighted by Crippen LogP contribution is 2.20. The molecule has 2 unspecified atom stereocenters. The molecule has 0 spiro atoms. The van der Waals surface area contributed by atoms with Crippen LogP contribution in [-0.4, -0.2) is 29.6 Å². The summed E-state index contributed by atoms with van der Waals surface area (Å²) in [7, 11) is 0. The summed E-state index contributed by atoms with van der Waals surface area (Å²) in [6, 6.07) is 8.60. The summed E-state index contributed by atoms with van der Waals surface area (Å²) < 4.78 is 0. The van der Waals surface area contributed by atoms with Crippen LogP contribution in [-0.2, 0) is 9.59 Å². The molecule has 0 saturated heterocycles. The topological polar surface area (TPSA) is 92.4 Å². The molecule has 0 bridgehead atoms. The van der Waals surface area contributed by atoms with Crippen molar-refractivity contribution in [3.63, 3.8) is 0 Å². The van der Waals surface area contributed by atoms with Crippen LogP contribution in [0.25, 0.3) is 0 Å². The van der Waals surface area contributed by atoms with Crippen LogP contribution in [0.15, 0.2) is 30.3 Å². The highest BCUT2D eigenvalue weighted by molar-refractivity contribution is 5.80. The van der Waals surface area contributed by atoms with Gasteiger partial charge in [0.1, 0.15) is 0 Å². The number of benzene rings is 1. The van der Waals surface area contributed by atoms with Gasteiger partial charge in [-0.15, -0.1) is 0 Å². The van der Waals surface area contributed by atoms with E-state index in [-0.39, 0.29) is 30.3 Å². The van der Waals surface area contributed by atoms with Crippen LogP contribution >= 0.6 is 0 Å². The Morgan fingerprint density at radius 2 is 1.81 bits per heavy atom. The van der Waals surface area contributed by atoms with Crippen LogP contribution < -0.4 is 11.1 Å². The summed E-state index contributed by atoms with van der Waals surface area (Å²) in [5, 5.41) is 11.9. The number of carbonyl (C=O) groups excluding carboxylic acids is 1. The predicted molar refractivity (Wildman–Crippen MR) is 81.9 cm³/mol. The van der Waals surface area contributed by atoms with E-state index in [9.17, 15) is 14.7 Å². The molecule has 0 aliphatic carbocycles. The van der Waals surface area contributed by atoms with Gasteiger partial charge >= 0.3 is 5.97 Å². The Kier molecular flexibility index (Phi) is 5.90. The lowest BCUT2D eigenvalue weighted by atomic mass is 9.85. The molecular formula is C16H24N2O3. The molecule has 0 aliphatic heterocycles. The van der Waals surface area contributed by atoms with E-state index in [1.807, 2.05) is 26.8 Å². The molecular weight excluding hydrogens is 268 g/mol. The van der Waals surface area contributed by atoms with Crippen LogP contribution in [0.4, 0.5) is 0 Å². The van der Waals surface area contributed by atoms with E-state index < -0.39 is 11.9 Å². The lowest BCUT2D eigenvalue weighted by Gasteiger charge is -2.26. The molecule has 2 atom stereocenters. The number of carboxylic acids is 1. The van der Waals surface area contributed by atoms with Gasteiger partial charge < -0.3 is 16.2 Å². The van der Waals surface area contributed by atoms with Gasteiger partial charge in [0.05, 0.1) is 5.92 Å². The van der Waals surface area contributed by atoms with E-state index in [0.29, 0.717) is 5.56 Å². The number of hydrogen-bond acceptors (Lipinski definition) is 3. The largest absolute Gasteiger partial charge is 0.481 e. The van der Waals surface area contributed by atoms with Crippen molar-refractivity contribution >= 4 is 11.9 Å². The minimum Gasteiger partial charge on any atom is -0.481 e. The standard InChI is InChI=1S/C16H24N2O3/c1-16(2,3)13(17)9-14(19)18-10-12(15(20)21)11-7-5-4-6-8-11/h4-8,12-13H,9-10,17H2,1-3H3,(H,18,19)(H,20,21). The van der Waals surface area contributed by atoms with Crippen molar-refractivity contribution < 1.29 is 14.7 Å². The maximum Gasteiger partial charge on any atom is 0.312 e. The molecule has 4 N–H and O–H groups in total. The number of nitrogens with two attached hydrogens (primary N) is 1. The minimum absolute atomic E-state index is 0.0645. The lowest BCUT2D eigenvalue weighted by Crippen LogP contribution is -2.41. The van der Waals surface area contributed by atoms with E-state index >= 15 is 0 Å². The van der Waals surface area contributed by atoms with E-state index in [1.54, 1.807) is 24.3 Å². The maximum atomic E-state index is 11.9. The Morgan fingerprint density at radius 3 is 2.29 bits per heavy atom. The summed E-state index contributed by atoms with van der Waals surface area (Å²) >= 11 is 0. The van der Waals surface area contributed by atoms with E-state index in [2.05, 4.69) is 5.32 Å². The van der Waals surface area contributed by atoms with Gasteiger partial charge in [0.15, 0.2) is 0 Å². The molecule has 0 aliphatic rings. The van der Waals surface area contributed by atoms with Crippen LogP contribution in [0.1, 0.15) is 38.7 Å². The molecule has 1 aromatic carbocycles. The zero-order valence-corrected chi connectivity index (χ0v) is 12.8. The van der Waals surface area contributed by atoms with Gasteiger partial charge in [-0.2, -0.15) is 0 Å². The second-order valence-electron chi connectivity index (χ2n) is 6.28. The number of hydrogen-bond donors (Lipinski definition) is 3. The van der Waals surface area contributed by atoms with Gasteiger partial charge in [0, 0.05) is 19.0 Å². The summed E-state index contributed by atoms with van der Waals surface area (Å²) in [6.45, 7) is 5.97. The maximum absolute atomic E-state index is 11.9. The van der Waals surface area contributed by atoms with Crippen LogP contribution in [0.2, 0.25) is 0 Å². The Hall–Kier alpha value is -1.88. The van der Waals surface area contributed by atoms with Crippen LogP contribution in [0.5, 0.6) is 0 Å². The third-order valence-electron chi connectivity index (χ3n) is 3.52. The number of aliphatic carboxylic acids is 1. The molecule has 0 aromatic heterocycles. The fourth-order valence-electron chi connectivity index (χ4n) is 1.83. The second kappa shape index (κ2) is 7.22. The van der Waals surface area contributed by atoms with Crippen molar-refractivity contribution in [3.05, 3.63) is 35.9 Å². The van der Waals surface area contributed by atoms with Crippen molar-refractivity contribution in [2.75, 3.05) is 6.54 Å². The highest BCUT2D eigenvalue weighted by Gasteiger charge is 2.25. The van der Waals surface area contributed by atoms with Crippen LogP contribution in [0, 0.1) is 5.41 Å². The van der Waals surface area contributed by atoms with Gasteiger partial charge in [-0.1, -0.05) is 51.1 Å². The van der Waals surface area contributed by atoms with E-state index in [0.717, 1.165) is 0 Å². The normalized spacial score (nSPS) is 14.3. The first-order chi connectivity index (χ1) is 9.71. The Morgan fingerprint density at radius 1 is 1.24 bits per heavy atom. The van der Waals surface area contributed by atoms with Gasteiger partial charge in [0.25, 0.3) is 0 Å². The Bertz CT molecular complexity index is 480. The summed E-state index contributed by atoms with van der Waals surface area (Å²) in [5.41, 5.74) is 6.46. The molecule has 0 saturated carbocycles. The smallest absolute Gasteiger partial charge is 0.312 e. The van der Waals surface area contributed by atoms with Crippen molar-refractivity contribution in [3.8, 4) is 0 Å². The van der Waals surface area contributed by atoms with Gasteiger partial charge in [-0.05, 0) is 11.0 Å². The number of carboxylic acid groups (broad SMARTS) is 1. The monoisotopic (exact) mass is 292 g/mol. The molecule has 116 valence electrons. The predicted octanol–water partition coefficient (Wildman–Crippen LogP) is 1.73. The third-order valence-corrected chi connectivity index (χ3v) is 3.52. The Balaban J connectivity index is 2.59. The fraction of sp³-hybridized carbons (Fsp3) is 0.500. The quantitative estimate of drug-likeness (QED) is 0.744. The van der Waals surface area contributed by atoms with Gasteiger partial charge in [-0.3, -0.25) is 9.59 Å². The fourth-order valence-corrected chi connectivity index (χ4v) is 1.83. The number of rotatable bonds is 6. The van der Waals surface area contributed by atoms with Gasteiger partial charge in [0.2, 0.25) is 5.91 Å². The summed E-state index contributed by atoms with van der Waals surface area (Å²) in [6.07, 6.45) is 0.185. The SMILES string of the molecule is CC(C)(C)C(N)CC(=O)NCC(C(=O)O)c1ccccc1. The van der Waals surface area contributed by atoms with E-state index in [4.69, 9.17) is 5.73 Å². The number of amides is 1. The highest BCUT2D eigenvalue weighted by atomic mass is 16.4. The molecule has 5 heteroatoms. The molecule has 5 nitrogen and oxygen atoms in total. The van der Waals surface area contributed by atoms with Crippen molar-refractivity contribution in [1.29, 1.82) is 0 Å². The van der Waals surface area contributed by atoms with Crippen molar-refractivity contribution in [1.82, 2.24) is 5.32 Å².